The fourth-order valence-corrected chi connectivity index (χ4v) is 1.04. The van der Waals surface area contributed by atoms with E-state index in [9.17, 15) is 9.18 Å². The largest absolute Gasteiger partial charge is 0.477 e. The van der Waals surface area contributed by atoms with Gasteiger partial charge in [0.05, 0.1) is 12.7 Å². The summed E-state index contributed by atoms with van der Waals surface area (Å²) in [5.41, 5.74) is 0. The fraction of sp³-hybridized carbons (Fsp3) is 0.857. The second-order valence-electron chi connectivity index (χ2n) is 2.62. The van der Waals surface area contributed by atoms with Crippen LogP contribution in [0.4, 0.5) is 4.39 Å². The van der Waals surface area contributed by atoms with Gasteiger partial charge in [0.2, 0.25) is 0 Å². The fourth-order valence-electron chi connectivity index (χ4n) is 1.04. The number of ether oxygens (including phenoxy) is 2. The molecule has 1 N–H and O–H groups in total. The third-order valence-corrected chi connectivity index (χ3v) is 1.65. The summed E-state index contributed by atoms with van der Waals surface area (Å²) in [7, 11) is 0. The van der Waals surface area contributed by atoms with Gasteiger partial charge >= 0.3 is 5.97 Å². The first-order valence-corrected chi connectivity index (χ1v) is 3.80. The molecule has 4 nitrogen and oxygen atoms in total. The Bertz CT molecular complexity index is 155. The van der Waals surface area contributed by atoms with Gasteiger partial charge in [0.15, 0.2) is 0 Å². The molecule has 70 valence electrons. The summed E-state index contributed by atoms with van der Waals surface area (Å²) in [6, 6.07) is 0. The molecule has 0 saturated carbocycles. The van der Waals surface area contributed by atoms with E-state index in [0.717, 1.165) is 12.8 Å². The first-order chi connectivity index (χ1) is 5.70. The van der Waals surface area contributed by atoms with Crippen LogP contribution >= 0.6 is 0 Å². The average molecular weight is 178 g/mol. The van der Waals surface area contributed by atoms with Crippen LogP contribution in [0.15, 0.2) is 0 Å². The van der Waals surface area contributed by atoms with Crippen LogP contribution in [0.3, 0.4) is 0 Å². The van der Waals surface area contributed by atoms with Crippen LogP contribution in [-0.4, -0.2) is 36.8 Å². The topological polar surface area (TPSA) is 55.8 Å². The molecule has 1 fully saturated rings. The zero-order valence-corrected chi connectivity index (χ0v) is 6.53. The standard InChI is InChI=1S/C7H11FO4/c8-6(7(9)10)12-4-5-2-1-3-11-5/h5-6H,1-4H2,(H,9,10). The highest BCUT2D eigenvalue weighted by molar-refractivity contribution is 5.70. The molecule has 1 aliphatic heterocycles. The molecule has 0 radical (unpaired) electrons. The summed E-state index contributed by atoms with van der Waals surface area (Å²) < 4.78 is 21.8. The number of halogens is 1. The highest BCUT2D eigenvalue weighted by atomic mass is 19.1. The van der Waals surface area contributed by atoms with Gasteiger partial charge in [0.1, 0.15) is 0 Å². The number of carbonyl (C=O) groups is 1. The van der Waals surface area contributed by atoms with Gasteiger partial charge in [-0.3, -0.25) is 0 Å². The molecule has 0 aromatic rings. The quantitative estimate of drug-likeness (QED) is 0.683. The van der Waals surface area contributed by atoms with E-state index in [-0.39, 0.29) is 12.7 Å². The van der Waals surface area contributed by atoms with E-state index in [1.807, 2.05) is 0 Å². The van der Waals surface area contributed by atoms with Gasteiger partial charge in [-0.2, -0.15) is 0 Å². The number of alkyl halides is 1. The predicted octanol–water partition coefficient (Wildman–Crippen LogP) is 0.562. The molecular formula is C7H11FO4. The van der Waals surface area contributed by atoms with Crippen LogP contribution in [0.2, 0.25) is 0 Å². The summed E-state index contributed by atoms with van der Waals surface area (Å²) in [6.07, 6.45) is -0.624. The van der Waals surface area contributed by atoms with Gasteiger partial charge in [0, 0.05) is 6.61 Å². The van der Waals surface area contributed by atoms with Crippen molar-refractivity contribution in [1.82, 2.24) is 0 Å². The highest BCUT2D eigenvalue weighted by Gasteiger charge is 2.21. The molecule has 2 atom stereocenters. The summed E-state index contributed by atoms with van der Waals surface area (Å²) in [6.45, 7) is 0.672. The Morgan fingerprint density at radius 1 is 1.83 bits per heavy atom. The molecule has 1 rings (SSSR count). The molecule has 1 aliphatic rings. The molecule has 0 aromatic heterocycles. The third kappa shape index (κ3) is 2.75. The zero-order valence-electron chi connectivity index (χ0n) is 6.53. The summed E-state index contributed by atoms with van der Waals surface area (Å²) in [5.74, 6) is -1.59. The van der Waals surface area contributed by atoms with Gasteiger partial charge < -0.3 is 14.6 Å². The Balaban J connectivity index is 2.11. The zero-order chi connectivity index (χ0) is 8.97. The van der Waals surface area contributed by atoms with Gasteiger partial charge in [-0.15, -0.1) is 0 Å². The molecule has 5 heteroatoms. The van der Waals surface area contributed by atoms with Crippen molar-refractivity contribution in [2.24, 2.45) is 0 Å². The molecule has 0 aliphatic carbocycles. The maximum Gasteiger partial charge on any atom is 0.366 e. The number of aliphatic carboxylic acids is 1. The lowest BCUT2D eigenvalue weighted by Crippen LogP contribution is -2.24. The van der Waals surface area contributed by atoms with Gasteiger partial charge in [-0.1, -0.05) is 0 Å². The second kappa shape index (κ2) is 4.37. The lowest BCUT2D eigenvalue weighted by molar-refractivity contribution is -0.166. The first kappa shape index (κ1) is 9.41. The normalized spacial score (nSPS) is 25.6. The van der Waals surface area contributed by atoms with Crippen LogP contribution in [-0.2, 0) is 14.3 Å². The SMILES string of the molecule is O=C(O)C(F)OCC1CCCO1. The maximum absolute atomic E-state index is 12.3. The van der Waals surface area contributed by atoms with Crippen molar-refractivity contribution in [3.8, 4) is 0 Å². The predicted molar refractivity (Wildman–Crippen MR) is 37.5 cm³/mol. The molecule has 0 aromatic carbocycles. The second-order valence-corrected chi connectivity index (χ2v) is 2.62. The van der Waals surface area contributed by atoms with E-state index >= 15 is 0 Å². The molecule has 1 heterocycles. The molecule has 1 saturated heterocycles. The monoisotopic (exact) mass is 178 g/mol. The lowest BCUT2D eigenvalue weighted by Gasteiger charge is -2.10. The Morgan fingerprint density at radius 2 is 2.58 bits per heavy atom. The highest BCUT2D eigenvalue weighted by Crippen LogP contribution is 2.12. The van der Waals surface area contributed by atoms with Crippen molar-refractivity contribution in [3.05, 3.63) is 0 Å². The molecular weight excluding hydrogens is 167 g/mol. The molecule has 2 unspecified atom stereocenters. The molecule has 0 bridgehead atoms. The van der Waals surface area contributed by atoms with Crippen molar-refractivity contribution in [3.63, 3.8) is 0 Å². The van der Waals surface area contributed by atoms with Gasteiger partial charge in [0.25, 0.3) is 6.36 Å². The van der Waals surface area contributed by atoms with Crippen LogP contribution in [0.1, 0.15) is 12.8 Å². The van der Waals surface area contributed by atoms with Gasteiger partial charge in [-0.05, 0) is 12.8 Å². The van der Waals surface area contributed by atoms with E-state index in [1.54, 1.807) is 0 Å². The smallest absolute Gasteiger partial charge is 0.366 e. The number of hydrogen-bond acceptors (Lipinski definition) is 3. The number of rotatable bonds is 4. The van der Waals surface area contributed by atoms with Crippen molar-refractivity contribution < 1.29 is 23.8 Å². The van der Waals surface area contributed by atoms with E-state index in [2.05, 4.69) is 4.74 Å². The van der Waals surface area contributed by atoms with Crippen molar-refractivity contribution in [1.29, 1.82) is 0 Å². The number of hydrogen-bond donors (Lipinski definition) is 1. The summed E-state index contributed by atoms with van der Waals surface area (Å²) in [5, 5.41) is 8.12. The summed E-state index contributed by atoms with van der Waals surface area (Å²) in [4.78, 5) is 9.96. The van der Waals surface area contributed by atoms with E-state index in [0.29, 0.717) is 6.61 Å². The minimum atomic E-state index is -2.23. The maximum atomic E-state index is 12.3. The van der Waals surface area contributed by atoms with Crippen LogP contribution in [0.25, 0.3) is 0 Å². The minimum Gasteiger partial charge on any atom is -0.477 e. The van der Waals surface area contributed by atoms with E-state index in [1.165, 1.54) is 0 Å². The Morgan fingerprint density at radius 3 is 3.08 bits per heavy atom. The Labute approximate surface area is 69.3 Å². The van der Waals surface area contributed by atoms with Crippen LogP contribution in [0, 0.1) is 0 Å². The lowest BCUT2D eigenvalue weighted by atomic mass is 10.2. The van der Waals surface area contributed by atoms with Gasteiger partial charge in [-0.25, -0.2) is 9.18 Å². The van der Waals surface area contributed by atoms with Crippen molar-refractivity contribution in [2.75, 3.05) is 13.2 Å². The van der Waals surface area contributed by atoms with Crippen molar-refractivity contribution >= 4 is 5.97 Å². The number of carboxylic acid groups (broad SMARTS) is 1. The van der Waals surface area contributed by atoms with Crippen LogP contribution < -0.4 is 0 Å². The average Bonchev–Trinajstić information content (AvgIpc) is 2.51. The Hall–Kier alpha value is -0.680. The summed E-state index contributed by atoms with van der Waals surface area (Å²) >= 11 is 0. The minimum absolute atomic E-state index is 0.0213. The van der Waals surface area contributed by atoms with E-state index < -0.39 is 12.3 Å². The van der Waals surface area contributed by atoms with Crippen LogP contribution in [0.5, 0.6) is 0 Å². The molecule has 0 spiro atoms. The third-order valence-electron chi connectivity index (χ3n) is 1.65. The first-order valence-electron chi connectivity index (χ1n) is 3.80. The Kier molecular flexibility index (Phi) is 3.43. The van der Waals surface area contributed by atoms with Crippen molar-refractivity contribution in [2.45, 2.75) is 25.3 Å². The van der Waals surface area contributed by atoms with E-state index in [4.69, 9.17) is 9.84 Å². The molecule has 12 heavy (non-hydrogen) atoms. The number of carboxylic acids is 1. The molecule has 0 amide bonds.